The van der Waals surface area contributed by atoms with E-state index in [1.54, 1.807) is 19.2 Å². The van der Waals surface area contributed by atoms with E-state index >= 15 is 0 Å². The van der Waals surface area contributed by atoms with Crippen molar-refractivity contribution in [3.63, 3.8) is 0 Å². The van der Waals surface area contributed by atoms with Crippen LogP contribution >= 0.6 is 0 Å². The maximum Gasteiger partial charge on any atom is 0.240 e. The third kappa shape index (κ3) is 6.56. The van der Waals surface area contributed by atoms with Gasteiger partial charge in [-0.2, -0.15) is 0 Å². The Morgan fingerprint density at radius 2 is 1.79 bits per heavy atom. The largest absolute Gasteiger partial charge is 0.497 e. The molecule has 28 heavy (non-hydrogen) atoms. The number of methoxy groups -OCH3 is 1. The first-order chi connectivity index (χ1) is 13.2. The van der Waals surface area contributed by atoms with Gasteiger partial charge in [0.25, 0.3) is 0 Å². The lowest BCUT2D eigenvalue weighted by molar-refractivity contribution is -0.119. The molecule has 0 aromatic heterocycles. The number of ether oxygens (including phenoxy) is 1. The summed E-state index contributed by atoms with van der Waals surface area (Å²) in [6.07, 6.45) is 2.66. The normalized spacial score (nSPS) is 11.1. The summed E-state index contributed by atoms with van der Waals surface area (Å²) in [6, 6.07) is 13.3. The number of hydrogen-bond donors (Lipinski definition) is 1. The highest BCUT2D eigenvalue weighted by molar-refractivity contribution is 7.92. The van der Waals surface area contributed by atoms with Crippen molar-refractivity contribution in [1.82, 2.24) is 5.32 Å². The molecule has 0 atom stereocenters. The molecule has 0 radical (unpaired) electrons. The van der Waals surface area contributed by atoms with Crippen molar-refractivity contribution in [2.75, 3.05) is 30.8 Å². The van der Waals surface area contributed by atoms with Gasteiger partial charge < -0.3 is 10.1 Å². The van der Waals surface area contributed by atoms with Crippen LogP contribution in [-0.4, -0.2) is 40.8 Å². The Balaban J connectivity index is 1.93. The van der Waals surface area contributed by atoms with Gasteiger partial charge in [-0.05, 0) is 67.6 Å². The van der Waals surface area contributed by atoms with Gasteiger partial charge in [0, 0.05) is 6.54 Å². The van der Waals surface area contributed by atoms with Gasteiger partial charge in [0.15, 0.2) is 0 Å². The fourth-order valence-electron chi connectivity index (χ4n) is 3.03. The molecule has 0 aliphatic rings. The van der Waals surface area contributed by atoms with Crippen molar-refractivity contribution in [3.8, 4) is 5.75 Å². The first-order valence-corrected chi connectivity index (χ1v) is 11.0. The lowest BCUT2D eigenvalue weighted by Gasteiger charge is -2.22. The molecular weight excluding hydrogens is 376 g/mol. The summed E-state index contributed by atoms with van der Waals surface area (Å²) in [4.78, 5) is 12.3. The fraction of sp³-hybridized carbons (Fsp3) is 0.381. The smallest absolute Gasteiger partial charge is 0.240 e. The molecule has 0 aliphatic carbocycles. The van der Waals surface area contributed by atoms with Crippen LogP contribution in [0.1, 0.15) is 23.1 Å². The summed E-state index contributed by atoms with van der Waals surface area (Å²) in [5, 5.41) is 2.81. The summed E-state index contributed by atoms with van der Waals surface area (Å²) < 4.78 is 30.7. The number of nitrogens with one attached hydrogen (secondary N) is 1. The van der Waals surface area contributed by atoms with E-state index in [-0.39, 0.29) is 12.5 Å². The standard InChI is InChI=1S/C21H28N2O4S/c1-16-11-17(2)13-19(12-16)23(28(4,25)26)15-21(24)22-10-6-8-18-7-5-9-20(14-18)27-3/h5,7,9,11-14H,6,8,10,15H2,1-4H3,(H,22,24). The molecule has 0 bridgehead atoms. The number of sulfonamides is 1. The van der Waals surface area contributed by atoms with Crippen LogP contribution in [0.3, 0.4) is 0 Å². The van der Waals surface area contributed by atoms with E-state index in [4.69, 9.17) is 4.74 Å². The van der Waals surface area contributed by atoms with Crippen molar-refractivity contribution in [1.29, 1.82) is 0 Å². The number of carbonyl (C=O) groups excluding carboxylic acids is 1. The SMILES string of the molecule is COc1cccc(CCCNC(=O)CN(c2cc(C)cc(C)c2)S(C)(=O)=O)c1. The van der Waals surface area contributed by atoms with E-state index in [9.17, 15) is 13.2 Å². The van der Waals surface area contributed by atoms with Gasteiger partial charge in [0.2, 0.25) is 15.9 Å². The van der Waals surface area contributed by atoms with E-state index in [0.29, 0.717) is 12.2 Å². The van der Waals surface area contributed by atoms with Crippen LogP contribution in [0.4, 0.5) is 5.69 Å². The molecule has 1 N–H and O–H groups in total. The van der Waals surface area contributed by atoms with Gasteiger partial charge >= 0.3 is 0 Å². The lowest BCUT2D eigenvalue weighted by atomic mass is 10.1. The Morgan fingerprint density at radius 3 is 2.39 bits per heavy atom. The molecule has 0 spiro atoms. The fourth-order valence-corrected chi connectivity index (χ4v) is 3.87. The summed E-state index contributed by atoms with van der Waals surface area (Å²) >= 11 is 0. The van der Waals surface area contributed by atoms with Crippen molar-refractivity contribution in [2.45, 2.75) is 26.7 Å². The highest BCUT2D eigenvalue weighted by Gasteiger charge is 2.21. The molecule has 2 aromatic carbocycles. The monoisotopic (exact) mass is 404 g/mol. The van der Waals surface area contributed by atoms with Crippen LogP contribution in [0.25, 0.3) is 0 Å². The van der Waals surface area contributed by atoms with Crippen molar-refractivity contribution in [2.24, 2.45) is 0 Å². The second-order valence-corrected chi connectivity index (χ2v) is 8.83. The van der Waals surface area contributed by atoms with Crippen LogP contribution in [0.5, 0.6) is 5.75 Å². The molecule has 0 aliphatic heterocycles. The first kappa shape index (κ1) is 21.8. The predicted octanol–water partition coefficient (Wildman–Crippen LogP) is 2.83. The molecule has 0 saturated carbocycles. The molecule has 0 fully saturated rings. The molecule has 2 aromatic rings. The van der Waals surface area contributed by atoms with Crippen LogP contribution in [-0.2, 0) is 21.2 Å². The number of nitrogens with zero attached hydrogens (tertiary/aromatic N) is 1. The maximum absolute atomic E-state index is 12.3. The highest BCUT2D eigenvalue weighted by atomic mass is 32.2. The number of carbonyl (C=O) groups is 1. The molecule has 2 rings (SSSR count). The van der Waals surface area contributed by atoms with Gasteiger partial charge in [-0.15, -0.1) is 0 Å². The van der Waals surface area contributed by atoms with Crippen molar-refractivity contribution in [3.05, 3.63) is 59.2 Å². The highest BCUT2D eigenvalue weighted by Crippen LogP contribution is 2.21. The Morgan fingerprint density at radius 1 is 1.11 bits per heavy atom. The Kier molecular flexibility index (Phi) is 7.45. The molecule has 7 heteroatoms. The maximum atomic E-state index is 12.3. The number of aryl methyl sites for hydroxylation is 3. The first-order valence-electron chi connectivity index (χ1n) is 9.14. The Hall–Kier alpha value is -2.54. The zero-order valence-corrected chi connectivity index (χ0v) is 17.7. The summed E-state index contributed by atoms with van der Waals surface area (Å²) in [5.41, 5.74) is 3.53. The Labute approximate surface area is 167 Å². The zero-order valence-electron chi connectivity index (χ0n) is 16.9. The molecule has 1 amide bonds. The molecule has 0 heterocycles. The van der Waals surface area contributed by atoms with Crippen LogP contribution in [0.2, 0.25) is 0 Å². The van der Waals surface area contributed by atoms with E-state index < -0.39 is 10.0 Å². The van der Waals surface area contributed by atoms with Crippen molar-refractivity contribution < 1.29 is 17.9 Å². The summed E-state index contributed by atoms with van der Waals surface area (Å²) in [6.45, 7) is 4.03. The molecular formula is C21H28N2O4S. The topological polar surface area (TPSA) is 75.7 Å². The van der Waals surface area contributed by atoms with E-state index in [0.717, 1.165) is 45.8 Å². The third-order valence-electron chi connectivity index (χ3n) is 4.28. The van der Waals surface area contributed by atoms with Crippen molar-refractivity contribution >= 4 is 21.6 Å². The van der Waals surface area contributed by atoms with Gasteiger partial charge in [-0.3, -0.25) is 9.10 Å². The van der Waals surface area contributed by atoms with E-state index in [1.807, 2.05) is 44.2 Å². The van der Waals surface area contributed by atoms with E-state index in [2.05, 4.69) is 5.32 Å². The summed E-state index contributed by atoms with van der Waals surface area (Å²) in [7, 11) is -1.94. The minimum Gasteiger partial charge on any atom is -0.497 e. The lowest BCUT2D eigenvalue weighted by Crippen LogP contribution is -2.40. The molecule has 152 valence electrons. The predicted molar refractivity (Wildman–Crippen MR) is 112 cm³/mol. The Bertz CT molecular complexity index is 906. The van der Waals surface area contributed by atoms with Crippen LogP contribution in [0.15, 0.2) is 42.5 Å². The molecule has 0 saturated heterocycles. The number of benzene rings is 2. The average molecular weight is 405 g/mol. The van der Waals surface area contributed by atoms with Crippen LogP contribution in [0, 0.1) is 13.8 Å². The average Bonchev–Trinajstić information content (AvgIpc) is 2.61. The molecule has 0 unspecified atom stereocenters. The quantitative estimate of drug-likeness (QED) is 0.652. The van der Waals surface area contributed by atoms with Gasteiger partial charge in [0.05, 0.1) is 19.1 Å². The number of rotatable bonds is 9. The molecule has 6 nitrogen and oxygen atoms in total. The zero-order chi connectivity index (χ0) is 20.7. The van der Waals surface area contributed by atoms with Gasteiger partial charge in [0.1, 0.15) is 12.3 Å². The number of anilines is 1. The summed E-state index contributed by atoms with van der Waals surface area (Å²) in [5.74, 6) is 0.481. The second-order valence-electron chi connectivity index (χ2n) is 6.92. The minimum atomic E-state index is -3.57. The minimum absolute atomic E-state index is 0.235. The second kappa shape index (κ2) is 9.59. The van der Waals surface area contributed by atoms with Crippen LogP contribution < -0.4 is 14.4 Å². The van der Waals surface area contributed by atoms with Gasteiger partial charge in [-0.1, -0.05) is 18.2 Å². The van der Waals surface area contributed by atoms with E-state index in [1.165, 1.54) is 0 Å². The number of amides is 1. The number of hydrogen-bond acceptors (Lipinski definition) is 4. The third-order valence-corrected chi connectivity index (χ3v) is 5.42. The van der Waals surface area contributed by atoms with Gasteiger partial charge in [-0.25, -0.2) is 8.42 Å².